The molecule has 1 aromatic rings. The van der Waals surface area contributed by atoms with E-state index in [2.05, 4.69) is 4.98 Å². The number of Topliss-reactive ketones (excluding diaryl/α,β-unsaturated/α-hetero) is 1. The zero-order valence-electron chi connectivity index (χ0n) is 10.3. The van der Waals surface area contributed by atoms with Crippen LogP contribution in [0.3, 0.4) is 0 Å². The van der Waals surface area contributed by atoms with Gasteiger partial charge in [-0.1, -0.05) is 0 Å². The Bertz CT molecular complexity index is 528. The summed E-state index contributed by atoms with van der Waals surface area (Å²) < 4.78 is 27.0. The molecule has 1 atom stereocenters. The van der Waals surface area contributed by atoms with Gasteiger partial charge in [-0.3, -0.25) is 4.79 Å². The number of sulfone groups is 1. The van der Waals surface area contributed by atoms with Gasteiger partial charge in [-0.05, 0) is 18.6 Å². The Kier molecular flexibility index (Phi) is 4.80. The van der Waals surface area contributed by atoms with Crippen molar-refractivity contribution >= 4 is 15.6 Å². The molecule has 1 rings (SSSR count). The Balaban J connectivity index is 2.80. The summed E-state index contributed by atoms with van der Waals surface area (Å²) in [5.74, 6) is -0.219. The molecule has 2 N–H and O–H groups in total. The number of hydrogen-bond donors (Lipinski definition) is 1. The van der Waals surface area contributed by atoms with Crippen molar-refractivity contribution in [3.63, 3.8) is 0 Å². The van der Waals surface area contributed by atoms with Crippen LogP contribution in [0.25, 0.3) is 0 Å². The van der Waals surface area contributed by atoms with Crippen molar-refractivity contribution in [2.24, 2.45) is 5.73 Å². The predicted octanol–water partition coefficient (Wildman–Crippen LogP) is 0.0349. The summed E-state index contributed by atoms with van der Waals surface area (Å²) in [6.45, 7) is 0. The van der Waals surface area contributed by atoms with Crippen molar-refractivity contribution in [3.8, 4) is 5.75 Å². The number of nitrogens with two attached hydrogens (primary N) is 1. The lowest BCUT2D eigenvalue weighted by atomic mass is 10.1. The highest BCUT2D eigenvalue weighted by molar-refractivity contribution is 7.90. The van der Waals surface area contributed by atoms with Crippen LogP contribution < -0.4 is 10.5 Å². The molecule has 0 aromatic carbocycles. The molecule has 0 saturated carbocycles. The third-order valence-corrected chi connectivity index (χ3v) is 3.34. The van der Waals surface area contributed by atoms with Gasteiger partial charge in [0.05, 0.1) is 18.9 Å². The highest BCUT2D eigenvalue weighted by Gasteiger charge is 2.21. The van der Waals surface area contributed by atoms with Crippen molar-refractivity contribution in [1.82, 2.24) is 4.98 Å². The topological polar surface area (TPSA) is 99.3 Å². The average molecular weight is 272 g/mol. The molecule has 0 saturated heterocycles. The maximum absolute atomic E-state index is 12.0. The molecule has 0 aliphatic heterocycles. The van der Waals surface area contributed by atoms with Gasteiger partial charge in [-0.15, -0.1) is 0 Å². The predicted molar refractivity (Wildman–Crippen MR) is 67.4 cm³/mol. The van der Waals surface area contributed by atoms with Crippen LogP contribution in [0, 0.1) is 0 Å². The summed E-state index contributed by atoms with van der Waals surface area (Å²) in [6.07, 6.45) is 2.63. The number of nitrogens with zero attached hydrogens (tertiary/aromatic N) is 1. The number of rotatable bonds is 6. The first kappa shape index (κ1) is 14.6. The highest BCUT2D eigenvalue weighted by atomic mass is 32.2. The van der Waals surface area contributed by atoms with Gasteiger partial charge >= 0.3 is 0 Å². The SMILES string of the molecule is COc1cccnc1C(=O)C(N)CCS(C)(=O)=O. The van der Waals surface area contributed by atoms with Crippen LogP contribution in [0.2, 0.25) is 0 Å². The Morgan fingerprint density at radius 3 is 2.78 bits per heavy atom. The number of methoxy groups -OCH3 is 1. The molecule has 0 amide bonds. The smallest absolute Gasteiger partial charge is 0.201 e. The van der Waals surface area contributed by atoms with E-state index in [9.17, 15) is 13.2 Å². The molecule has 0 radical (unpaired) electrons. The minimum atomic E-state index is -3.13. The Labute approximate surface area is 106 Å². The second-order valence-corrected chi connectivity index (χ2v) is 6.20. The molecule has 0 aliphatic carbocycles. The van der Waals surface area contributed by atoms with Crippen LogP contribution in [0.15, 0.2) is 18.3 Å². The standard InChI is InChI=1S/C11H16N2O4S/c1-17-9-4-3-6-13-10(9)11(14)8(12)5-7-18(2,15)16/h3-4,6,8H,5,7,12H2,1-2H3. The van der Waals surface area contributed by atoms with Gasteiger partial charge in [0.1, 0.15) is 21.3 Å². The second kappa shape index (κ2) is 5.92. The van der Waals surface area contributed by atoms with Gasteiger partial charge in [0.2, 0.25) is 5.78 Å². The van der Waals surface area contributed by atoms with Crippen LogP contribution in [0.5, 0.6) is 5.75 Å². The largest absolute Gasteiger partial charge is 0.494 e. The van der Waals surface area contributed by atoms with E-state index >= 15 is 0 Å². The van der Waals surface area contributed by atoms with E-state index in [1.807, 2.05) is 0 Å². The first-order chi connectivity index (χ1) is 8.35. The van der Waals surface area contributed by atoms with Crippen molar-refractivity contribution in [1.29, 1.82) is 0 Å². The van der Waals surface area contributed by atoms with Gasteiger partial charge in [-0.25, -0.2) is 13.4 Å². The number of carbonyl (C=O) groups excluding carboxylic acids is 1. The summed E-state index contributed by atoms with van der Waals surface area (Å²) in [5.41, 5.74) is 5.80. The third-order valence-electron chi connectivity index (χ3n) is 2.36. The fourth-order valence-corrected chi connectivity index (χ4v) is 2.07. The monoisotopic (exact) mass is 272 g/mol. The van der Waals surface area contributed by atoms with E-state index in [4.69, 9.17) is 10.5 Å². The normalized spacial score (nSPS) is 13.1. The van der Waals surface area contributed by atoms with Gasteiger partial charge in [0, 0.05) is 12.5 Å². The molecule has 0 spiro atoms. The summed E-state index contributed by atoms with van der Waals surface area (Å²) in [4.78, 5) is 15.9. The third kappa shape index (κ3) is 4.08. The van der Waals surface area contributed by atoms with Crippen LogP contribution in [-0.2, 0) is 9.84 Å². The summed E-state index contributed by atoms with van der Waals surface area (Å²) >= 11 is 0. The van der Waals surface area contributed by atoms with E-state index in [0.29, 0.717) is 5.75 Å². The van der Waals surface area contributed by atoms with E-state index in [0.717, 1.165) is 6.26 Å². The molecule has 6 nitrogen and oxygen atoms in total. The number of pyridine rings is 1. The molecule has 0 bridgehead atoms. The lowest BCUT2D eigenvalue weighted by molar-refractivity contribution is 0.0951. The van der Waals surface area contributed by atoms with Gasteiger partial charge in [0.25, 0.3) is 0 Å². The molecule has 1 aromatic heterocycles. The number of ether oxygens (including phenoxy) is 1. The highest BCUT2D eigenvalue weighted by Crippen LogP contribution is 2.16. The fourth-order valence-electron chi connectivity index (χ4n) is 1.39. The first-order valence-electron chi connectivity index (χ1n) is 5.31. The van der Waals surface area contributed by atoms with Crippen molar-refractivity contribution < 1.29 is 17.9 Å². The summed E-state index contributed by atoms with van der Waals surface area (Å²) in [7, 11) is -1.71. The molecule has 1 heterocycles. The summed E-state index contributed by atoms with van der Waals surface area (Å²) in [5, 5.41) is 0. The molecule has 1 unspecified atom stereocenters. The fraction of sp³-hybridized carbons (Fsp3) is 0.455. The van der Waals surface area contributed by atoms with Gasteiger partial charge in [0.15, 0.2) is 0 Å². The van der Waals surface area contributed by atoms with Crippen molar-refractivity contribution in [3.05, 3.63) is 24.0 Å². The lowest BCUT2D eigenvalue weighted by Crippen LogP contribution is -2.33. The minimum Gasteiger partial charge on any atom is -0.494 e. The number of carbonyl (C=O) groups is 1. The van der Waals surface area contributed by atoms with Crippen LogP contribution in [-0.4, -0.2) is 44.3 Å². The lowest BCUT2D eigenvalue weighted by Gasteiger charge is -2.11. The van der Waals surface area contributed by atoms with Crippen LogP contribution >= 0.6 is 0 Å². The minimum absolute atomic E-state index is 0.0669. The Morgan fingerprint density at radius 1 is 1.56 bits per heavy atom. The van der Waals surface area contributed by atoms with E-state index in [-0.39, 0.29) is 17.9 Å². The molecular weight excluding hydrogens is 256 g/mol. The van der Waals surface area contributed by atoms with Crippen molar-refractivity contribution in [2.75, 3.05) is 19.1 Å². The van der Waals surface area contributed by atoms with E-state index in [1.54, 1.807) is 12.1 Å². The Morgan fingerprint density at radius 2 is 2.22 bits per heavy atom. The molecule has 7 heteroatoms. The zero-order valence-corrected chi connectivity index (χ0v) is 11.1. The van der Waals surface area contributed by atoms with E-state index in [1.165, 1.54) is 13.3 Å². The summed E-state index contributed by atoms with van der Waals surface area (Å²) in [6, 6.07) is 2.34. The number of hydrogen-bond acceptors (Lipinski definition) is 6. The van der Waals surface area contributed by atoms with Gasteiger partial charge < -0.3 is 10.5 Å². The maximum atomic E-state index is 12.0. The zero-order chi connectivity index (χ0) is 13.8. The molecular formula is C11H16N2O4S. The Hall–Kier alpha value is -1.47. The quantitative estimate of drug-likeness (QED) is 0.734. The van der Waals surface area contributed by atoms with Crippen LogP contribution in [0.4, 0.5) is 0 Å². The average Bonchev–Trinajstić information content (AvgIpc) is 2.34. The first-order valence-corrected chi connectivity index (χ1v) is 7.37. The second-order valence-electron chi connectivity index (χ2n) is 3.94. The van der Waals surface area contributed by atoms with Gasteiger partial charge in [-0.2, -0.15) is 0 Å². The molecule has 0 aliphatic rings. The van der Waals surface area contributed by atoms with Crippen LogP contribution in [0.1, 0.15) is 16.9 Å². The molecule has 18 heavy (non-hydrogen) atoms. The maximum Gasteiger partial charge on any atom is 0.201 e. The van der Waals surface area contributed by atoms with Crippen molar-refractivity contribution in [2.45, 2.75) is 12.5 Å². The molecule has 0 fully saturated rings. The number of ketones is 1. The van der Waals surface area contributed by atoms with E-state index < -0.39 is 21.7 Å². The number of aromatic nitrogens is 1. The molecule has 100 valence electrons.